The standard InChI is InChI=1S/C17H22ClN3/c1-17(2)11-21(9-7-15(17)19)10-12-5-6-14(18)13-4-3-8-20-16(12)13/h3-6,8,15H,7,9-11,19H2,1-2H3. The zero-order valence-corrected chi connectivity index (χ0v) is 13.4. The number of nitrogens with two attached hydrogens (primary N) is 1. The predicted octanol–water partition coefficient (Wildman–Crippen LogP) is 3.45. The fraction of sp³-hybridized carbons (Fsp3) is 0.471. The van der Waals surface area contributed by atoms with Crippen LogP contribution in [0.1, 0.15) is 25.8 Å². The number of hydrogen-bond donors (Lipinski definition) is 1. The van der Waals surface area contributed by atoms with Gasteiger partial charge in [-0.05, 0) is 35.6 Å². The molecule has 112 valence electrons. The van der Waals surface area contributed by atoms with E-state index in [1.165, 1.54) is 5.56 Å². The first-order valence-electron chi connectivity index (χ1n) is 7.47. The minimum Gasteiger partial charge on any atom is -0.327 e. The van der Waals surface area contributed by atoms with Crippen molar-refractivity contribution in [1.29, 1.82) is 0 Å². The minimum absolute atomic E-state index is 0.161. The molecular weight excluding hydrogens is 282 g/mol. The van der Waals surface area contributed by atoms with E-state index in [2.05, 4.69) is 29.8 Å². The Morgan fingerprint density at radius 1 is 1.38 bits per heavy atom. The van der Waals surface area contributed by atoms with E-state index in [-0.39, 0.29) is 11.5 Å². The second-order valence-corrected chi connectivity index (χ2v) is 7.11. The smallest absolute Gasteiger partial charge is 0.0761 e. The van der Waals surface area contributed by atoms with Crippen LogP contribution in [0.5, 0.6) is 0 Å². The van der Waals surface area contributed by atoms with Crippen LogP contribution in [-0.4, -0.2) is 29.0 Å². The third-order valence-electron chi connectivity index (χ3n) is 4.59. The first-order chi connectivity index (χ1) is 9.97. The van der Waals surface area contributed by atoms with E-state index in [1.54, 1.807) is 0 Å². The first kappa shape index (κ1) is 14.8. The second-order valence-electron chi connectivity index (χ2n) is 6.70. The predicted molar refractivity (Wildman–Crippen MR) is 88.4 cm³/mol. The molecule has 21 heavy (non-hydrogen) atoms. The molecule has 4 heteroatoms. The van der Waals surface area contributed by atoms with Crippen molar-refractivity contribution in [3.8, 4) is 0 Å². The topological polar surface area (TPSA) is 42.2 Å². The molecule has 0 saturated carbocycles. The largest absolute Gasteiger partial charge is 0.327 e. The average Bonchev–Trinajstić information content (AvgIpc) is 2.46. The number of pyridine rings is 1. The second kappa shape index (κ2) is 5.56. The van der Waals surface area contributed by atoms with Crippen LogP contribution in [0.4, 0.5) is 0 Å². The Morgan fingerprint density at radius 3 is 2.95 bits per heavy atom. The fourth-order valence-electron chi connectivity index (χ4n) is 3.18. The number of aromatic nitrogens is 1. The van der Waals surface area contributed by atoms with Crippen molar-refractivity contribution in [1.82, 2.24) is 9.88 Å². The molecule has 0 aliphatic carbocycles. The quantitative estimate of drug-likeness (QED) is 0.924. The lowest BCUT2D eigenvalue weighted by molar-refractivity contribution is 0.0901. The van der Waals surface area contributed by atoms with Crippen LogP contribution in [0.15, 0.2) is 30.5 Å². The Kier molecular flexibility index (Phi) is 3.91. The van der Waals surface area contributed by atoms with Crippen molar-refractivity contribution < 1.29 is 0 Å². The molecule has 1 aromatic carbocycles. The number of fused-ring (bicyclic) bond motifs is 1. The number of rotatable bonds is 2. The molecule has 0 amide bonds. The Bertz CT molecular complexity index is 654. The maximum Gasteiger partial charge on any atom is 0.0761 e. The van der Waals surface area contributed by atoms with Gasteiger partial charge in [0, 0.05) is 42.3 Å². The van der Waals surface area contributed by atoms with Gasteiger partial charge in [-0.3, -0.25) is 9.88 Å². The molecule has 1 fully saturated rings. The highest BCUT2D eigenvalue weighted by Gasteiger charge is 2.33. The van der Waals surface area contributed by atoms with E-state index in [4.69, 9.17) is 17.3 Å². The van der Waals surface area contributed by atoms with Crippen molar-refractivity contribution in [2.75, 3.05) is 13.1 Å². The SMILES string of the molecule is CC1(C)CN(Cc2ccc(Cl)c3cccnc23)CCC1N. The summed E-state index contributed by atoms with van der Waals surface area (Å²) < 4.78 is 0. The summed E-state index contributed by atoms with van der Waals surface area (Å²) in [5.41, 5.74) is 8.63. The summed E-state index contributed by atoms with van der Waals surface area (Å²) in [7, 11) is 0. The molecule has 3 nitrogen and oxygen atoms in total. The van der Waals surface area contributed by atoms with Crippen LogP contribution in [0.3, 0.4) is 0 Å². The van der Waals surface area contributed by atoms with Crippen LogP contribution in [-0.2, 0) is 6.54 Å². The van der Waals surface area contributed by atoms with Gasteiger partial charge in [0.1, 0.15) is 0 Å². The lowest BCUT2D eigenvalue weighted by Gasteiger charge is -2.42. The van der Waals surface area contributed by atoms with Crippen LogP contribution in [0.2, 0.25) is 5.02 Å². The summed E-state index contributed by atoms with van der Waals surface area (Å²) in [6, 6.07) is 8.32. The van der Waals surface area contributed by atoms with Gasteiger partial charge in [-0.15, -0.1) is 0 Å². The molecule has 0 radical (unpaired) electrons. The summed E-state index contributed by atoms with van der Waals surface area (Å²) in [6.07, 6.45) is 2.88. The molecule has 1 aliphatic heterocycles. The molecule has 0 spiro atoms. The highest BCUT2D eigenvalue weighted by Crippen LogP contribution is 2.30. The lowest BCUT2D eigenvalue weighted by atomic mass is 9.79. The molecule has 2 heterocycles. The normalized spacial score (nSPS) is 22.6. The summed E-state index contributed by atoms with van der Waals surface area (Å²) in [5, 5.41) is 1.80. The number of nitrogens with zero attached hydrogens (tertiary/aromatic N) is 2. The molecule has 3 rings (SSSR count). The molecule has 1 aromatic heterocycles. The molecule has 1 aliphatic rings. The zero-order chi connectivity index (χ0) is 15.0. The number of hydrogen-bond acceptors (Lipinski definition) is 3. The minimum atomic E-state index is 0.161. The molecule has 2 N–H and O–H groups in total. The lowest BCUT2D eigenvalue weighted by Crippen LogP contribution is -2.52. The highest BCUT2D eigenvalue weighted by atomic mass is 35.5. The number of benzene rings is 1. The third-order valence-corrected chi connectivity index (χ3v) is 4.91. The molecule has 1 saturated heterocycles. The fourth-order valence-corrected chi connectivity index (χ4v) is 3.40. The maximum atomic E-state index is 6.27. The molecule has 0 bridgehead atoms. The van der Waals surface area contributed by atoms with Gasteiger partial charge < -0.3 is 5.73 Å². The van der Waals surface area contributed by atoms with Crippen LogP contribution in [0.25, 0.3) is 10.9 Å². The summed E-state index contributed by atoms with van der Waals surface area (Å²) in [6.45, 7) is 7.47. The van der Waals surface area contributed by atoms with Gasteiger partial charge in [-0.1, -0.05) is 31.5 Å². The monoisotopic (exact) mass is 303 g/mol. The number of piperidine rings is 1. The summed E-state index contributed by atoms with van der Waals surface area (Å²) in [5.74, 6) is 0. The summed E-state index contributed by atoms with van der Waals surface area (Å²) in [4.78, 5) is 7.00. The third kappa shape index (κ3) is 2.91. The van der Waals surface area contributed by atoms with Crippen molar-refractivity contribution in [2.45, 2.75) is 32.9 Å². The maximum absolute atomic E-state index is 6.27. The van der Waals surface area contributed by atoms with E-state index in [0.717, 1.165) is 42.0 Å². The zero-order valence-electron chi connectivity index (χ0n) is 12.6. The van der Waals surface area contributed by atoms with E-state index in [1.807, 2.05) is 24.4 Å². The van der Waals surface area contributed by atoms with Crippen molar-refractivity contribution in [2.24, 2.45) is 11.1 Å². The number of likely N-dealkylation sites (tertiary alicyclic amines) is 1. The van der Waals surface area contributed by atoms with Gasteiger partial charge in [-0.2, -0.15) is 0 Å². The Hall–Kier alpha value is -1.16. The van der Waals surface area contributed by atoms with E-state index in [9.17, 15) is 0 Å². The van der Waals surface area contributed by atoms with E-state index >= 15 is 0 Å². The molecule has 1 atom stereocenters. The Morgan fingerprint density at radius 2 is 2.19 bits per heavy atom. The Labute approximate surface area is 131 Å². The van der Waals surface area contributed by atoms with Gasteiger partial charge >= 0.3 is 0 Å². The highest BCUT2D eigenvalue weighted by molar-refractivity contribution is 6.35. The van der Waals surface area contributed by atoms with E-state index < -0.39 is 0 Å². The van der Waals surface area contributed by atoms with Crippen molar-refractivity contribution in [3.05, 3.63) is 41.0 Å². The van der Waals surface area contributed by atoms with Gasteiger partial charge in [0.05, 0.1) is 5.52 Å². The average molecular weight is 304 g/mol. The van der Waals surface area contributed by atoms with E-state index in [0.29, 0.717) is 0 Å². The van der Waals surface area contributed by atoms with Gasteiger partial charge in [0.2, 0.25) is 0 Å². The molecule has 2 aromatic rings. The Balaban J connectivity index is 1.88. The van der Waals surface area contributed by atoms with Gasteiger partial charge in [0.25, 0.3) is 0 Å². The van der Waals surface area contributed by atoms with Crippen molar-refractivity contribution >= 4 is 22.5 Å². The first-order valence-corrected chi connectivity index (χ1v) is 7.85. The van der Waals surface area contributed by atoms with Crippen LogP contribution in [0, 0.1) is 5.41 Å². The van der Waals surface area contributed by atoms with Crippen LogP contribution >= 0.6 is 11.6 Å². The van der Waals surface area contributed by atoms with Crippen LogP contribution < -0.4 is 5.73 Å². The molecular formula is C17H22ClN3. The van der Waals surface area contributed by atoms with Crippen molar-refractivity contribution in [3.63, 3.8) is 0 Å². The van der Waals surface area contributed by atoms with Gasteiger partial charge in [-0.25, -0.2) is 0 Å². The summed E-state index contributed by atoms with van der Waals surface area (Å²) >= 11 is 6.27. The van der Waals surface area contributed by atoms with Gasteiger partial charge in [0.15, 0.2) is 0 Å². The number of halogens is 1. The molecule has 1 unspecified atom stereocenters.